The van der Waals surface area contributed by atoms with E-state index < -0.39 is 15.6 Å². The molecule has 1 aliphatic heterocycles. The number of carbonyl (C=O) groups excluding carboxylic acids is 1. The van der Waals surface area contributed by atoms with Crippen LogP contribution in [0, 0.1) is 6.92 Å². The molecular weight excluding hydrogens is 618 g/mol. The molecule has 0 aliphatic carbocycles. The number of carbonyl (C=O) groups is 1. The fourth-order valence-corrected chi connectivity index (χ4v) is 6.86. The minimum atomic E-state index is -0.716. The van der Waals surface area contributed by atoms with Crippen molar-refractivity contribution in [2.75, 3.05) is 44.2 Å². The van der Waals surface area contributed by atoms with Crippen LogP contribution in [-0.2, 0) is 30.3 Å². The van der Waals surface area contributed by atoms with Crippen LogP contribution in [0.15, 0.2) is 40.0 Å². The fourth-order valence-electron chi connectivity index (χ4n) is 6.25. The molecule has 5 aromatic heterocycles. The Morgan fingerprint density at radius 3 is 2.55 bits per heavy atom. The predicted octanol–water partition coefficient (Wildman–Crippen LogP) is 5.64. The lowest BCUT2D eigenvalue weighted by molar-refractivity contribution is 0.0292. The molecule has 0 N–H and O–H groups in total. The molecule has 1 saturated heterocycles. The summed E-state index contributed by atoms with van der Waals surface area (Å²) in [6.07, 6.45) is 12.7. The average molecular weight is 664 g/mol. The first-order chi connectivity index (χ1) is 22.1. The summed E-state index contributed by atoms with van der Waals surface area (Å²) in [7, 11) is 2.93. The molecule has 5 aromatic rings. The molecule has 6 rings (SSSR count). The standard InChI is InChI=1S/C34H45N7O5S/c1-21-14-27(46-37-21)30-28(22-10-11-40(19-22)33(43)45-34(2,3)4)29-24-15-25(23-16-36-38(5)18-23)41(20-44-12-13-47(7,8)9)31(24)35-17-26(29)39(6)32(30)42/h14-18,22H,10-13,19-20H2,1-9H3. The molecule has 0 spiro atoms. The Balaban J connectivity index is 1.58. The molecule has 1 amide bonds. The van der Waals surface area contributed by atoms with Gasteiger partial charge < -0.3 is 28.0 Å². The average Bonchev–Trinajstić information content (AvgIpc) is 3.78. The minimum absolute atomic E-state index is 0.166. The maximum Gasteiger partial charge on any atom is 0.410 e. The molecule has 0 bridgehead atoms. The number of fused-ring (bicyclic) bond motifs is 3. The van der Waals surface area contributed by atoms with E-state index in [1.54, 1.807) is 33.5 Å². The maximum atomic E-state index is 14.2. The van der Waals surface area contributed by atoms with E-state index in [9.17, 15) is 9.59 Å². The molecule has 6 heterocycles. The summed E-state index contributed by atoms with van der Waals surface area (Å²) in [4.78, 5) is 34.0. The molecule has 1 atom stereocenters. The van der Waals surface area contributed by atoms with Crippen LogP contribution >= 0.6 is 10.0 Å². The van der Waals surface area contributed by atoms with Crippen LogP contribution in [-0.4, -0.2) is 89.9 Å². The highest BCUT2D eigenvalue weighted by Crippen LogP contribution is 2.42. The van der Waals surface area contributed by atoms with E-state index in [0.717, 1.165) is 39.0 Å². The number of nitrogens with zero attached hydrogens (tertiary/aromatic N) is 7. The minimum Gasteiger partial charge on any atom is -0.444 e. The maximum absolute atomic E-state index is 14.2. The van der Waals surface area contributed by atoms with Gasteiger partial charge in [0.05, 0.1) is 41.5 Å². The van der Waals surface area contributed by atoms with Gasteiger partial charge >= 0.3 is 6.09 Å². The number of pyridine rings is 2. The first kappa shape index (κ1) is 32.8. The van der Waals surface area contributed by atoms with E-state index in [0.29, 0.717) is 55.4 Å². The summed E-state index contributed by atoms with van der Waals surface area (Å²) in [6, 6.07) is 3.91. The third-order valence-electron chi connectivity index (χ3n) is 8.51. The summed E-state index contributed by atoms with van der Waals surface area (Å²) in [5, 5.41) is 10.3. The van der Waals surface area contributed by atoms with E-state index in [1.165, 1.54) is 0 Å². The normalized spacial score (nSPS) is 16.1. The molecule has 47 heavy (non-hydrogen) atoms. The zero-order valence-electron chi connectivity index (χ0n) is 28.8. The molecule has 13 heteroatoms. The van der Waals surface area contributed by atoms with Crippen molar-refractivity contribution in [3.8, 4) is 22.6 Å². The summed E-state index contributed by atoms with van der Waals surface area (Å²) in [6.45, 7) is 9.27. The molecule has 12 nitrogen and oxygen atoms in total. The Labute approximate surface area is 275 Å². The third-order valence-corrected chi connectivity index (χ3v) is 9.90. The van der Waals surface area contributed by atoms with Crippen molar-refractivity contribution in [2.24, 2.45) is 14.1 Å². The Kier molecular flexibility index (Phi) is 8.50. The van der Waals surface area contributed by atoms with Gasteiger partial charge in [-0.05, 0) is 64.5 Å². The van der Waals surface area contributed by atoms with Crippen molar-refractivity contribution in [1.29, 1.82) is 0 Å². The van der Waals surface area contributed by atoms with E-state index in [-0.39, 0.29) is 17.6 Å². The number of ether oxygens (including phenoxy) is 2. The number of amides is 1. The first-order valence-electron chi connectivity index (χ1n) is 15.8. The topological polar surface area (TPSA) is 122 Å². The Hall–Kier alpha value is -4.10. The van der Waals surface area contributed by atoms with E-state index in [1.807, 2.05) is 47.1 Å². The molecule has 1 unspecified atom stereocenters. The first-order valence-corrected chi connectivity index (χ1v) is 18.8. The van der Waals surface area contributed by atoms with Crippen LogP contribution in [0.1, 0.15) is 44.4 Å². The number of rotatable bonds is 8. The highest BCUT2D eigenvalue weighted by Gasteiger charge is 2.35. The van der Waals surface area contributed by atoms with Gasteiger partial charge in [0.2, 0.25) is 0 Å². The van der Waals surface area contributed by atoms with Crippen molar-refractivity contribution < 1.29 is 18.8 Å². The second-order valence-corrected chi connectivity index (χ2v) is 18.9. The van der Waals surface area contributed by atoms with E-state index in [4.69, 9.17) is 19.0 Å². The van der Waals surface area contributed by atoms with Gasteiger partial charge in [0.25, 0.3) is 5.56 Å². The Morgan fingerprint density at radius 1 is 1.15 bits per heavy atom. The third kappa shape index (κ3) is 6.55. The highest BCUT2D eigenvalue weighted by molar-refractivity contribution is 8.32. The van der Waals surface area contributed by atoms with Crippen molar-refractivity contribution in [3.63, 3.8) is 0 Å². The van der Waals surface area contributed by atoms with Crippen molar-refractivity contribution in [3.05, 3.63) is 52.3 Å². The predicted molar refractivity (Wildman–Crippen MR) is 186 cm³/mol. The quantitative estimate of drug-likeness (QED) is 0.196. The number of hydrogen-bond acceptors (Lipinski definition) is 8. The number of likely N-dealkylation sites (tertiary alicyclic amines) is 1. The molecule has 1 aliphatic rings. The van der Waals surface area contributed by atoms with Gasteiger partial charge in [-0.1, -0.05) is 5.16 Å². The van der Waals surface area contributed by atoms with Gasteiger partial charge in [-0.3, -0.25) is 9.48 Å². The molecule has 0 aromatic carbocycles. The zero-order valence-corrected chi connectivity index (χ0v) is 29.6. The number of aryl methyl sites for hydroxylation is 3. The summed E-state index contributed by atoms with van der Waals surface area (Å²) in [5.74, 6) is 1.23. The smallest absolute Gasteiger partial charge is 0.410 e. The van der Waals surface area contributed by atoms with Crippen LogP contribution in [0.5, 0.6) is 0 Å². The van der Waals surface area contributed by atoms with Gasteiger partial charge in [0.15, 0.2) is 5.76 Å². The highest BCUT2D eigenvalue weighted by atomic mass is 32.3. The van der Waals surface area contributed by atoms with Crippen molar-refractivity contribution in [2.45, 2.75) is 52.4 Å². The number of hydrogen-bond donors (Lipinski definition) is 0. The Morgan fingerprint density at radius 2 is 1.91 bits per heavy atom. The lowest BCUT2D eigenvalue weighted by Gasteiger charge is -2.25. The fraction of sp³-hybridized carbons (Fsp3) is 0.500. The van der Waals surface area contributed by atoms with Gasteiger partial charge in [-0.25, -0.2) is 19.8 Å². The van der Waals surface area contributed by atoms with Gasteiger partial charge in [-0.15, -0.1) is 0 Å². The van der Waals surface area contributed by atoms with E-state index >= 15 is 0 Å². The van der Waals surface area contributed by atoms with E-state index in [2.05, 4.69) is 39.7 Å². The Bertz CT molecular complexity index is 2020. The van der Waals surface area contributed by atoms with Crippen LogP contribution in [0.3, 0.4) is 0 Å². The largest absolute Gasteiger partial charge is 0.444 e. The molecule has 0 radical (unpaired) electrons. The SMILES string of the molecule is Cc1cc(-c2c(C3CCN(C(=O)OC(C)(C)C)C3)c3c4cc(-c5cnn(C)c5)n(COCCS(C)(C)C)c4ncc3n(C)c2=O)on1. The van der Waals surface area contributed by atoms with Gasteiger partial charge in [0, 0.05) is 67.5 Å². The molecule has 252 valence electrons. The van der Waals surface area contributed by atoms with Gasteiger partial charge in [0.1, 0.15) is 18.0 Å². The number of aromatic nitrogens is 6. The monoisotopic (exact) mass is 663 g/mol. The zero-order chi connectivity index (χ0) is 33.8. The molecular formula is C34H45N7O5S. The van der Waals surface area contributed by atoms with Crippen molar-refractivity contribution in [1.82, 2.24) is 34.0 Å². The summed E-state index contributed by atoms with van der Waals surface area (Å²) >= 11 is 0. The lowest BCUT2D eigenvalue weighted by Crippen LogP contribution is -2.35. The molecule has 1 fully saturated rings. The van der Waals surface area contributed by atoms with Gasteiger partial charge in [-0.2, -0.15) is 5.10 Å². The molecule has 0 saturated carbocycles. The van der Waals surface area contributed by atoms with Crippen LogP contribution in [0.4, 0.5) is 4.79 Å². The van der Waals surface area contributed by atoms with Crippen LogP contribution in [0.2, 0.25) is 0 Å². The second-order valence-electron chi connectivity index (χ2n) is 14.3. The summed E-state index contributed by atoms with van der Waals surface area (Å²) in [5.41, 5.74) is 4.39. The summed E-state index contributed by atoms with van der Waals surface area (Å²) < 4.78 is 23.2. The van der Waals surface area contributed by atoms with Crippen LogP contribution < -0.4 is 5.56 Å². The lowest BCUT2D eigenvalue weighted by atomic mass is 9.88. The van der Waals surface area contributed by atoms with Crippen LogP contribution in [0.25, 0.3) is 44.5 Å². The second kappa shape index (κ2) is 12.2. The van der Waals surface area contributed by atoms with Crippen molar-refractivity contribution >= 4 is 38.1 Å².